The van der Waals surface area contributed by atoms with Gasteiger partial charge in [-0.15, -0.1) is 0 Å². The molecule has 0 amide bonds. The van der Waals surface area contributed by atoms with E-state index in [1.807, 2.05) is 25.1 Å². The number of carbonyl (C=O) groups excluding carboxylic acids is 1. The summed E-state index contributed by atoms with van der Waals surface area (Å²) in [5.41, 5.74) is 1.87. The molecule has 0 N–H and O–H groups in total. The lowest BCUT2D eigenvalue weighted by atomic mass is 10.1. The fourth-order valence-electron chi connectivity index (χ4n) is 1.90. The van der Waals surface area contributed by atoms with Crippen LogP contribution in [0, 0.1) is 6.92 Å². The third kappa shape index (κ3) is 3.71. The van der Waals surface area contributed by atoms with Crippen LogP contribution in [0.15, 0.2) is 39.6 Å². The number of benzene rings is 1. The molecule has 5 heteroatoms. The van der Waals surface area contributed by atoms with E-state index >= 15 is 0 Å². The Morgan fingerprint density at radius 2 is 2.19 bits per heavy atom. The quantitative estimate of drug-likeness (QED) is 0.782. The number of nitrogens with zero attached hydrogens (tertiary/aromatic N) is 1. The minimum absolute atomic E-state index is 0.223. The van der Waals surface area contributed by atoms with Crippen molar-refractivity contribution in [2.75, 3.05) is 7.11 Å². The van der Waals surface area contributed by atoms with Gasteiger partial charge in [0.25, 0.3) is 0 Å². The Hall–Kier alpha value is -1.20. The van der Waals surface area contributed by atoms with Crippen LogP contribution in [0.4, 0.5) is 0 Å². The van der Waals surface area contributed by atoms with Crippen molar-refractivity contribution in [3.05, 3.63) is 40.8 Å². The summed E-state index contributed by atoms with van der Waals surface area (Å²) < 4.78 is 5.76. The molecule has 0 saturated carbocycles. The Morgan fingerprint density at radius 3 is 2.76 bits per heavy atom. The number of aliphatic imine (C=N–C) groups is 1. The number of aryl methyl sites for hydroxylation is 1. The summed E-state index contributed by atoms with van der Waals surface area (Å²) in [5, 5.41) is 0. The standard InChI is InChI=1S/C16H19NO2S2/c1-10-7-6-8-13(12(10)9-14(18)19-5)21-15-17-16(3,4)11(2)20-15/h6-8H,2,9H2,1,3-5H3. The second-order valence-electron chi connectivity index (χ2n) is 5.37. The maximum atomic E-state index is 11.6. The molecule has 0 bridgehead atoms. The fourth-order valence-corrected chi connectivity index (χ4v) is 4.38. The van der Waals surface area contributed by atoms with Gasteiger partial charge >= 0.3 is 5.97 Å². The van der Waals surface area contributed by atoms with Crippen molar-refractivity contribution in [3.8, 4) is 0 Å². The van der Waals surface area contributed by atoms with E-state index < -0.39 is 0 Å². The van der Waals surface area contributed by atoms with E-state index in [4.69, 9.17) is 9.73 Å². The summed E-state index contributed by atoms with van der Waals surface area (Å²) in [7, 11) is 1.41. The van der Waals surface area contributed by atoms with Crippen molar-refractivity contribution in [1.29, 1.82) is 0 Å². The van der Waals surface area contributed by atoms with Gasteiger partial charge in [-0.05, 0) is 38.0 Å². The monoisotopic (exact) mass is 321 g/mol. The Balaban J connectivity index is 2.27. The van der Waals surface area contributed by atoms with E-state index in [1.165, 1.54) is 7.11 Å². The zero-order valence-electron chi connectivity index (χ0n) is 12.7. The normalized spacial score (nSPS) is 16.8. The maximum Gasteiger partial charge on any atom is 0.310 e. The molecule has 0 saturated heterocycles. The molecule has 0 aromatic heterocycles. The van der Waals surface area contributed by atoms with E-state index in [0.717, 1.165) is 25.3 Å². The summed E-state index contributed by atoms with van der Waals surface area (Å²) in [5.74, 6) is -0.225. The van der Waals surface area contributed by atoms with Gasteiger partial charge in [-0.2, -0.15) is 0 Å². The molecule has 3 nitrogen and oxygen atoms in total. The van der Waals surface area contributed by atoms with Crippen LogP contribution in [0.3, 0.4) is 0 Å². The number of esters is 1. The topological polar surface area (TPSA) is 38.7 Å². The molecule has 1 heterocycles. The Morgan fingerprint density at radius 1 is 1.48 bits per heavy atom. The highest BCUT2D eigenvalue weighted by molar-refractivity contribution is 8.40. The maximum absolute atomic E-state index is 11.6. The molecule has 0 atom stereocenters. The molecule has 1 aliphatic rings. The van der Waals surface area contributed by atoms with E-state index in [1.54, 1.807) is 23.5 Å². The van der Waals surface area contributed by atoms with Crippen molar-refractivity contribution in [2.24, 2.45) is 4.99 Å². The molecule has 1 aromatic rings. The van der Waals surface area contributed by atoms with Crippen LogP contribution in [0.1, 0.15) is 25.0 Å². The van der Waals surface area contributed by atoms with Crippen LogP contribution < -0.4 is 0 Å². The van der Waals surface area contributed by atoms with Crippen molar-refractivity contribution in [1.82, 2.24) is 0 Å². The molecule has 0 spiro atoms. The minimum atomic E-state index is -0.225. The molecule has 1 aliphatic heterocycles. The van der Waals surface area contributed by atoms with Gasteiger partial charge in [-0.25, -0.2) is 0 Å². The lowest BCUT2D eigenvalue weighted by Crippen LogP contribution is -2.12. The molecule has 0 unspecified atom stereocenters. The van der Waals surface area contributed by atoms with E-state index in [9.17, 15) is 4.79 Å². The van der Waals surface area contributed by atoms with Gasteiger partial charge < -0.3 is 4.74 Å². The first-order valence-electron chi connectivity index (χ1n) is 6.63. The van der Waals surface area contributed by atoms with Gasteiger partial charge in [-0.3, -0.25) is 9.79 Å². The predicted octanol–water partition coefficient (Wildman–Crippen LogP) is 4.20. The van der Waals surface area contributed by atoms with Crippen LogP contribution in [-0.2, 0) is 16.0 Å². The molecule has 0 radical (unpaired) electrons. The average molecular weight is 321 g/mol. The number of ether oxygens (including phenoxy) is 1. The highest BCUT2D eigenvalue weighted by Crippen LogP contribution is 2.44. The molecular weight excluding hydrogens is 302 g/mol. The third-order valence-corrected chi connectivity index (χ3v) is 5.76. The molecule has 1 aromatic carbocycles. The third-order valence-electron chi connectivity index (χ3n) is 3.38. The summed E-state index contributed by atoms with van der Waals surface area (Å²) in [4.78, 5) is 18.4. The highest BCUT2D eigenvalue weighted by atomic mass is 32.2. The summed E-state index contributed by atoms with van der Waals surface area (Å²) >= 11 is 3.20. The van der Waals surface area contributed by atoms with Crippen molar-refractivity contribution >= 4 is 33.9 Å². The first-order chi connectivity index (χ1) is 9.83. The molecular formula is C16H19NO2S2. The second-order valence-corrected chi connectivity index (χ2v) is 7.74. The first kappa shape index (κ1) is 16.2. The van der Waals surface area contributed by atoms with E-state index in [0.29, 0.717) is 0 Å². The van der Waals surface area contributed by atoms with Crippen LogP contribution in [-0.4, -0.2) is 23.0 Å². The lowest BCUT2D eigenvalue weighted by Gasteiger charge is -2.12. The predicted molar refractivity (Wildman–Crippen MR) is 91.0 cm³/mol. The van der Waals surface area contributed by atoms with Crippen molar-refractivity contribution in [2.45, 2.75) is 37.6 Å². The summed E-state index contributed by atoms with van der Waals surface area (Å²) in [6, 6.07) is 6.03. The largest absolute Gasteiger partial charge is 0.469 e. The molecule has 2 rings (SSSR count). The summed E-state index contributed by atoms with van der Waals surface area (Å²) in [6.07, 6.45) is 0.286. The van der Waals surface area contributed by atoms with Gasteiger partial charge in [0.1, 0.15) is 4.38 Å². The number of hydrogen-bond acceptors (Lipinski definition) is 5. The number of methoxy groups -OCH3 is 1. The van der Waals surface area contributed by atoms with Gasteiger partial charge in [0.15, 0.2) is 0 Å². The van der Waals surface area contributed by atoms with Crippen LogP contribution in [0.5, 0.6) is 0 Å². The SMILES string of the molecule is C=C1SC(Sc2cccc(C)c2CC(=O)OC)=NC1(C)C. The Bertz CT molecular complexity index is 621. The van der Waals surface area contributed by atoms with Gasteiger partial charge in [0.2, 0.25) is 0 Å². The van der Waals surface area contributed by atoms with Gasteiger partial charge in [-0.1, -0.05) is 42.2 Å². The zero-order chi connectivity index (χ0) is 15.6. The highest BCUT2D eigenvalue weighted by Gasteiger charge is 2.30. The molecule has 112 valence electrons. The van der Waals surface area contributed by atoms with Crippen molar-refractivity contribution in [3.63, 3.8) is 0 Å². The van der Waals surface area contributed by atoms with E-state index in [2.05, 4.69) is 20.4 Å². The van der Waals surface area contributed by atoms with Crippen LogP contribution in [0.25, 0.3) is 0 Å². The lowest BCUT2D eigenvalue weighted by molar-refractivity contribution is -0.139. The van der Waals surface area contributed by atoms with Gasteiger partial charge in [0, 0.05) is 9.80 Å². The first-order valence-corrected chi connectivity index (χ1v) is 8.27. The van der Waals surface area contributed by atoms with E-state index in [-0.39, 0.29) is 17.9 Å². The number of thioether (sulfide) groups is 2. The zero-order valence-corrected chi connectivity index (χ0v) is 14.4. The minimum Gasteiger partial charge on any atom is -0.469 e. The second kappa shape index (κ2) is 6.28. The van der Waals surface area contributed by atoms with Crippen molar-refractivity contribution < 1.29 is 9.53 Å². The molecule has 0 aliphatic carbocycles. The molecule has 21 heavy (non-hydrogen) atoms. The average Bonchev–Trinajstić information content (AvgIpc) is 2.66. The Labute approximate surface area is 134 Å². The number of hydrogen-bond donors (Lipinski definition) is 0. The van der Waals surface area contributed by atoms with Gasteiger partial charge in [0.05, 0.1) is 19.1 Å². The smallest absolute Gasteiger partial charge is 0.310 e. The number of rotatable bonds is 3. The fraction of sp³-hybridized carbons (Fsp3) is 0.375. The Kier molecular flexibility index (Phi) is 4.84. The molecule has 0 fully saturated rings. The number of carbonyl (C=O) groups is 1. The van der Waals surface area contributed by atoms with Crippen LogP contribution in [0.2, 0.25) is 0 Å². The van der Waals surface area contributed by atoms with Crippen LogP contribution >= 0.6 is 23.5 Å². The summed E-state index contributed by atoms with van der Waals surface area (Å²) in [6.45, 7) is 10.2.